The standard InChI is InChI=1S/C22H19ClN4O2/c1-13-6-7-20(29-13)18-5-3-4-16-14(2)26(9-8-17(16)18)22(28)19-10-21-24-11-15(23)12-27(21)25-19/h3-7,10-12,14H,8-9H2,1-2H3. The Hall–Kier alpha value is -3.12. The van der Waals surface area contributed by atoms with Crippen molar-refractivity contribution in [1.82, 2.24) is 19.5 Å². The van der Waals surface area contributed by atoms with Gasteiger partial charge < -0.3 is 9.32 Å². The van der Waals surface area contributed by atoms with Gasteiger partial charge in [0.2, 0.25) is 0 Å². The lowest BCUT2D eigenvalue weighted by atomic mass is 9.88. The summed E-state index contributed by atoms with van der Waals surface area (Å²) in [6.45, 7) is 4.61. The number of carbonyl (C=O) groups is 1. The van der Waals surface area contributed by atoms with E-state index < -0.39 is 0 Å². The smallest absolute Gasteiger partial charge is 0.274 e. The van der Waals surface area contributed by atoms with E-state index >= 15 is 0 Å². The maximum absolute atomic E-state index is 13.2. The van der Waals surface area contributed by atoms with Crippen LogP contribution in [0, 0.1) is 6.92 Å². The molecule has 146 valence electrons. The number of hydrogen-bond donors (Lipinski definition) is 0. The lowest BCUT2D eigenvalue weighted by Crippen LogP contribution is -2.39. The third kappa shape index (κ3) is 3.00. The number of carbonyl (C=O) groups excluding carboxylic acids is 1. The first kappa shape index (κ1) is 17.9. The van der Waals surface area contributed by atoms with Crippen molar-refractivity contribution in [2.75, 3.05) is 6.54 Å². The van der Waals surface area contributed by atoms with Crippen LogP contribution in [0.1, 0.15) is 40.3 Å². The minimum atomic E-state index is -0.107. The van der Waals surface area contributed by atoms with Gasteiger partial charge in [0.05, 0.1) is 17.3 Å². The zero-order valence-electron chi connectivity index (χ0n) is 16.1. The molecule has 1 aliphatic heterocycles. The van der Waals surface area contributed by atoms with Gasteiger partial charge in [0.25, 0.3) is 5.91 Å². The first-order valence-corrected chi connectivity index (χ1v) is 9.89. The average molecular weight is 407 g/mol. The van der Waals surface area contributed by atoms with Crippen LogP contribution in [0.25, 0.3) is 17.0 Å². The van der Waals surface area contributed by atoms with Gasteiger partial charge in [0.15, 0.2) is 11.3 Å². The molecule has 0 aliphatic carbocycles. The fourth-order valence-electron chi connectivity index (χ4n) is 4.06. The summed E-state index contributed by atoms with van der Waals surface area (Å²) >= 11 is 5.98. The maximum Gasteiger partial charge on any atom is 0.274 e. The van der Waals surface area contributed by atoms with Crippen molar-refractivity contribution < 1.29 is 9.21 Å². The normalized spacial score (nSPS) is 16.2. The number of furan rings is 1. The third-order valence-electron chi connectivity index (χ3n) is 5.50. The van der Waals surface area contributed by atoms with E-state index in [1.807, 2.05) is 30.0 Å². The monoisotopic (exact) mass is 406 g/mol. The van der Waals surface area contributed by atoms with E-state index in [0.29, 0.717) is 22.9 Å². The van der Waals surface area contributed by atoms with Gasteiger partial charge in [-0.05, 0) is 43.5 Å². The SMILES string of the molecule is Cc1ccc(-c2cccc3c2CCN(C(=O)c2cc4ncc(Cl)cn4n2)C3C)o1. The van der Waals surface area contributed by atoms with E-state index in [-0.39, 0.29) is 11.9 Å². The number of halogens is 1. The molecule has 4 aromatic rings. The lowest BCUT2D eigenvalue weighted by molar-refractivity contribution is 0.0671. The van der Waals surface area contributed by atoms with Crippen LogP contribution in [-0.2, 0) is 6.42 Å². The molecule has 0 saturated heterocycles. The van der Waals surface area contributed by atoms with Crippen molar-refractivity contribution in [2.24, 2.45) is 0 Å². The van der Waals surface area contributed by atoms with E-state index in [2.05, 4.69) is 29.1 Å². The first-order chi connectivity index (χ1) is 14.0. The number of nitrogens with zero attached hydrogens (tertiary/aromatic N) is 4. The van der Waals surface area contributed by atoms with Crippen molar-refractivity contribution >= 4 is 23.2 Å². The second kappa shape index (κ2) is 6.74. The van der Waals surface area contributed by atoms with Crippen LogP contribution in [0.15, 0.2) is 53.2 Å². The second-order valence-corrected chi connectivity index (χ2v) is 7.75. The van der Waals surface area contributed by atoms with Crippen LogP contribution in [0.4, 0.5) is 0 Å². The van der Waals surface area contributed by atoms with Crippen molar-refractivity contribution in [3.63, 3.8) is 0 Å². The topological polar surface area (TPSA) is 63.6 Å². The Morgan fingerprint density at radius 2 is 2.14 bits per heavy atom. The number of aromatic nitrogens is 3. The molecule has 0 bridgehead atoms. The van der Waals surface area contributed by atoms with Crippen molar-refractivity contribution in [3.05, 3.63) is 76.4 Å². The van der Waals surface area contributed by atoms with Gasteiger partial charge in [-0.15, -0.1) is 0 Å². The molecular formula is C22H19ClN4O2. The van der Waals surface area contributed by atoms with Gasteiger partial charge in [-0.3, -0.25) is 4.79 Å². The van der Waals surface area contributed by atoms with Gasteiger partial charge in [0.1, 0.15) is 11.5 Å². The average Bonchev–Trinajstić information content (AvgIpc) is 3.33. The number of rotatable bonds is 2. The van der Waals surface area contributed by atoms with Crippen LogP contribution in [0.3, 0.4) is 0 Å². The minimum absolute atomic E-state index is 0.0661. The molecule has 1 unspecified atom stereocenters. The van der Waals surface area contributed by atoms with Crippen molar-refractivity contribution in [2.45, 2.75) is 26.3 Å². The molecule has 29 heavy (non-hydrogen) atoms. The van der Waals surface area contributed by atoms with Crippen LogP contribution in [-0.4, -0.2) is 31.9 Å². The molecule has 0 radical (unpaired) electrons. The summed E-state index contributed by atoms with van der Waals surface area (Å²) in [6.07, 6.45) is 3.95. The number of aryl methyl sites for hydroxylation is 1. The molecule has 0 spiro atoms. The van der Waals surface area contributed by atoms with E-state index in [1.165, 1.54) is 10.1 Å². The summed E-state index contributed by atoms with van der Waals surface area (Å²) in [6, 6.07) is 11.8. The summed E-state index contributed by atoms with van der Waals surface area (Å²) < 4.78 is 7.38. The van der Waals surface area contributed by atoms with Crippen LogP contribution >= 0.6 is 11.6 Å². The summed E-state index contributed by atoms with van der Waals surface area (Å²) in [5.41, 5.74) is 4.44. The molecule has 0 fully saturated rings. The first-order valence-electron chi connectivity index (χ1n) is 9.52. The minimum Gasteiger partial charge on any atom is -0.461 e. The molecule has 6 nitrogen and oxygen atoms in total. The van der Waals surface area contributed by atoms with E-state index in [4.69, 9.17) is 16.0 Å². The summed E-state index contributed by atoms with van der Waals surface area (Å²) in [7, 11) is 0. The predicted molar refractivity (Wildman–Crippen MR) is 110 cm³/mol. The third-order valence-corrected chi connectivity index (χ3v) is 5.70. The quantitative estimate of drug-likeness (QED) is 0.483. The number of fused-ring (bicyclic) bond motifs is 2. The van der Waals surface area contributed by atoms with Gasteiger partial charge in [0, 0.05) is 24.4 Å². The Bertz CT molecular complexity index is 1240. The zero-order valence-corrected chi connectivity index (χ0v) is 16.8. The van der Waals surface area contributed by atoms with Crippen LogP contribution in [0.2, 0.25) is 5.02 Å². The fourth-order valence-corrected chi connectivity index (χ4v) is 4.20. The Kier molecular flexibility index (Phi) is 4.17. The van der Waals surface area contributed by atoms with E-state index in [9.17, 15) is 4.79 Å². The number of amides is 1. The van der Waals surface area contributed by atoms with E-state index in [0.717, 1.165) is 29.1 Å². The molecule has 0 saturated carbocycles. The second-order valence-electron chi connectivity index (χ2n) is 7.31. The van der Waals surface area contributed by atoms with Crippen molar-refractivity contribution in [3.8, 4) is 11.3 Å². The summed E-state index contributed by atoms with van der Waals surface area (Å²) in [5.74, 6) is 1.65. The lowest BCUT2D eigenvalue weighted by Gasteiger charge is -2.35. The molecule has 1 aliphatic rings. The Labute approximate surface area is 172 Å². The Morgan fingerprint density at radius 3 is 2.93 bits per heavy atom. The van der Waals surface area contributed by atoms with E-state index in [1.54, 1.807) is 18.5 Å². The van der Waals surface area contributed by atoms with Gasteiger partial charge in [-0.1, -0.05) is 29.8 Å². The van der Waals surface area contributed by atoms with Gasteiger partial charge in [-0.25, -0.2) is 9.50 Å². The number of hydrogen-bond acceptors (Lipinski definition) is 4. The predicted octanol–water partition coefficient (Wildman–Crippen LogP) is 4.71. The Balaban J connectivity index is 1.49. The molecule has 1 atom stereocenters. The highest BCUT2D eigenvalue weighted by Gasteiger charge is 2.31. The van der Waals surface area contributed by atoms with Gasteiger partial charge >= 0.3 is 0 Å². The molecule has 1 aromatic carbocycles. The highest BCUT2D eigenvalue weighted by atomic mass is 35.5. The van der Waals surface area contributed by atoms with Gasteiger partial charge in [-0.2, -0.15) is 5.10 Å². The van der Waals surface area contributed by atoms with Crippen LogP contribution in [0.5, 0.6) is 0 Å². The number of benzene rings is 1. The Morgan fingerprint density at radius 1 is 1.28 bits per heavy atom. The highest BCUT2D eigenvalue weighted by Crippen LogP contribution is 2.37. The molecule has 4 heterocycles. The molecule has 7 heteroatoms. The van der Waals surface area contributed by atoms with Crippen molar-refractivity contribution in [1.29, 1.82) is 0 Å². The molecule has 5 rings (SSSR count). The van der Waals surface area contributed by atoms with Crippen LogP contribution < -0.4 is 0 Å². The fraction of sp³-hybridized carbons (Fsp3) is 0.227. The molecular weight excluding hydrogens is 388 g/mol. The molecule has 3 aromatic heterocycles. The highest BCUT2D eigenvalue weighted by molar-refractivity contribution is 6.30. The zero-order chi connectivity index (χ0) is 20.1. The maximum atomic E-state index is 13.2. The largest absolute Gasteiger partial charge is 0.461 e. The molecule has 1 amide bonds. The molecule has 0 N–H and O–H groups in total. The summed E-state index contributed by atoms with van der Waals surface area (Å²) in [4.78, 5) is 19.3. The summed E-state index contributed by atoms with van der Waals surface area (Å²) in [5, 5.41) is 4.84.